The zero-order chi connectivity index (χ0) is 12.3. The molecule has 88 valence electrons. The summed E-state index contributed by atoms with van der Waals surface area (Å²) in [5, 5.41) is 8.97. The summed E-state index contributed by atoms with van der Waals surface area (Å²) in [5.41, 5.74) is 0.686. The van der Waals surface area contributed by atoms with Gasteiger partial charge in [0.1, 0.15) is 11.6 Å². The predicted octanol–water partition coefficient (Wildman–Crippen LogP) is 3.27. The van der Waals surface area contributed by atoms with E-state index in [9.17, 15) is 4.39 Å². The monoisotopic (exact) mass is 297 g/mol. The third-order valence-corrected chi connectivity index (χ3v) is 2.50. The first-order valence-corrected chi connectivity index (χ1v) is 5.66. The van der Waals surface area contributed by atoms with E-state index in [4.69, 9.17) is 9.84 Å². The van der Waals surface area contributed by atoms with Gasteiger partial charge in [-0.3, -0.25) is 0 Å². The molecule has 0 aliphatic carbocycles. The molecule has 3 nitrogen and oxygen atoms in total. The van der Waals surface area contributed by atoms with Gasteiger partial charge in [0.2, 0.25) is 5.88 Å². The van der Waals surface area contributed by atoms with Gasteiger partial charge in [0.15, 0.2) is 0 Å². The van der Waals surface area contributed by atoms with Crippen LogP contribution < -0.4 is 4.74 Å². The minimum absolute atomic E-state index is 0.0915. The van der Waals surface area contributed by atoms with Crippen LogP contribution in [0.5, 0.6) is 11.6 Å². The van der Waals surface area contributed by atoms with E-state index in [-0.39, 0.29) is 6.61 Å². The molecule has 0 unspecified atom stereocenters. The van der Waals surface area contributed by atoms with Crippen molar-refractivity contribution >= 4 is 15.9 Å². The summed E-state index contributed by atoms with van der Waals surface area (Å²) in [6.07, 6.45) is 1.52. The Morgan fingerprint density at radius 3 is 2.82 bits per heavy atom. The predicted molar refractivity (Wildman–Crippen MR) is 64.3 cm³/mol. The van der Waals surface area contributed by atoms with Crippen LogP contribution in [0, 0.1) is 5.82 Å². The maximum absolute atomic E-state index is 13.1. The summed E-state index contributed by atoms with van der Waals surface area (Å²) in [4.78, 5) is 3.97. The molecule has 0 aliphatic heterocycles. The summed E-state index contributed by atoms with van der Waals surface area (Å²) < 4.78 is 19.1. The molecule has 0 spiro atoms. The van der Waals surface area contributed by atoms with Gasteiger partial charge < -0.3 is 9.84 Å². The zero-order valence-corrected chi connectivity index (χ0v) is 10.3. The van der Waals surface area contributed by atoms with E-state index in [2.05, 4.69) is 20.9 Å². The first kappa shape index (κ1) is 12.0. The van der Waals surface area contributed by atoms with Gasteiger partial charge >= 0.3 is 0 Å². The van der Waals surface area contributed by atoms with Gasteiger partial charge in [-0.1, -0.05) is 15.9 Å². The van der Waals surface area contributed by atoms with Gasteiger partial charge in [-0.2, -0.15) is 0 Å². The minimum Gasteiger partial charge on any atom is -0.439 e. The highest BCUT2D eigenvalue weighted by Gasteiger charge is 2.03. The fraction of sp³-hybridized carbons (Fsp3) is 0.0833. The van der Waals surface area contributed by atoms with E-state index >= 15 is 0 Å². The molecule has 0 amide bonds. The number of nitrogens with zero attached hydrogens (tertiary/aromatic N) is 1. The number of hydrogen-bond donors (Lipinski definition) is 1. The van der Waals surface area contributed by atoms with Crippen LogP contribution in [-0.4, -0.2) is 10.1 Å². The second-order valence-electron chi connectivity index (χ2n) is 3.37. The van der Waals surface area contributed by atoms with Crippen molar-refractivity contribution in [1.29, 1.82) is 0 Å². The fourth-order valence-corrected chi connectivity index (χ4v) is 1.76. The maximum atomic E-state index is 13.1. The number of benzene rings is 1. The number of hydrogen-bond acceptors (Lipinski definition) is 3. The van der Waals surface area contributed by atoms with E-state index in [0.717, 1.165) is 0 Å². The normalized spacial score (nSPS) is 10.3. The van der Waals surface area contributed by atoms with Crippen molar-refractivity contribution in [3.05, 3.63) is 52.4 Å². The molecule has 0 radical (unpaired) electrons. The van der Waals surface area contributed by atoms with Crippen LogP contribution in [0.25, 0.3) is 0 Å². The average molecular weight is 298 g/mol. The van der Waals surface area contributed by atoms with Crippen molar-refractivity contribution in [3.8, 4) is 11.6 Å². The van der Waals surface area contributed by atoms with Crippen LogP contribution >= 0.6 is 15.9 Å². The van der Waals surface area contributed by atoms with Crippen LogP contribution in [0.2, 0.25) is 0 Å². The molecule has 2 rings (SSSR count). The molecule has 0 bridgehead atoms. The zero-order valence-electron chi connectivity index (χ0n) is 8.73. The fourth-order valence-electron chi connectivity index (χ4n) is 1.31. The molecule has 1 heterocycles. The van der Waals surface area contributed by atoms with Crippen LogP contribution in [0.3, 0.4) is 0 Å². The van der Waals surface area contributed by atoms with Crippen molar-refractivity contribution < 1.29 is 14.2 Å². The molecule has 1 N–H and O–H groups in total. The number of rotatable bonds is 3. The molecule has 0 fully saturated rings. The number of aromatic nitrogens is 1. The number of aliphatic hydroxyl groups is 1. The van der Waals surface area contributed by atoms with Crippen molar-refractivity contribution in [2.24, 2.45) is 0 Å². The van der Waals surface area contributed by atoms with Gasteiger partial charge in [-0.05, 0) is 23.8 Å². The highest BCUT2D eigenvalue weighted by molar-refractivity contribution is 9.10. The third-order valence-electron chi connectivity index (χ3n) is 2.04. The summed E-state index contributed by atoms with van der Waals surface area (Å²) in [6, 6.07) is 7.51. The maximum Gasteiger partial charge on any atom is 0.219 e. The van der Waals surface area contributed by atoms with Gasteiger partial charge in [-0.15, -0.1) is 0 Å². The van der Waals surface area contributed by atoms with E-state index in [1.54, 1.807) is 18.2 Å². The minimum atomic E-state index is -0.396. The number of ether oxygens (including phenoxy) is 1. The van der Waals surface area contributed by atoms with Crippen LogP contribution in [-0.2, 0) is 6.61 Å². The number of pyridine rings is 1. The lowest BCUT2D eigenvalue weighted by molar-refractivity contribution is 0.281. The van der Waals surface area contributed by atoms with Crippen molar-refractivity contribution in [2.75, 3.05) is 0 Å². The molecule has 2 aromatic rings. The van der Waals surface area contributed by atoms with E-state index in [1.807, 2.05) is 0 Å². The summed E-state index contributed by atoms with van der Waals surface area (Å²) in [6.45, 7) is -0.0915. The highest BCUT2D eigenvalue weighted by Crippen LogP contribution is 2.25. The van der Waals surface area contributed by atoms with Gasteiger partial charge in [0.25, 0.3) is 0 Å². The Labute approximate surface area is 106 Å². The van der Waals surface area contributed by atoms with E-state index in [0.29, 0.717) is 21.7 Å². The van der Waals surface area contributed by atoms with Crippen molar-refractivity contribution in [1.82, 2.24) is 4.98 Å². The van der Waals surface area contributed by atoms with Gasteiger partial charge in [0.05, 0.1) is 6.61 Å². The molecule has 5 heteroatoms. The lowest BCUT2D eigenvalue weighted by atomic mass is 10.3. The lowest BCUT2D eigenvalue weighted by Gasteiger charge is -2.06. The number of aliphatic hydroxyl groups excluding tert-OH is 1. The standard InChI is InChI=1S/C12H9BrFNO2/c13-9-4-10(14)6-11(5-9)17-12-3-8(7-16)1-2-15-12/h1-6,16H,7H2. The second kappa shape index (κ2) is 5.25. The topological polar surface area (TPSA) is 42.4 Å². The highest BCUT2D eigenvalue weighted by atomic mass is 79.9. The van der Waals surface area contributed by atoms with E-state index in [1.165, 1.54) is 18.3 Å². The largest absolute Gasteiger partial charge is 0.439 e. The van der Waals surface area contributed by atoms with Crippen LogP contribution in [0.1, 0.15) is 5.56 Å². The Balaban J connectivity index is 2.24. The Morgan fingerprint density at radius 1 is 1.29 bits per heavy atom. The molecule has 0 aliphatic rings. The Bertz CT molecular complexity index is 513. The average Bonchev–Trinajstić information content (AvgIpc) is 2.28. The van der Waals surface area contributed by atoms with E-state index < -0.39 is 5.82 Å². The first-order valence-electron chi connectivity index (χ1n) is 4.87. The molecule has 0 atom stereocenters. The van der Waals surface area contributed by atoms with Crippen LogP contribution in [0.15, 0.2) is 41.0 Å². The lowest BCUT2D eigenvalue weighted by Crippen LogP contribution is -1.91. The molecular weight excluding hydrogens is 289 g/mol. The number of halogens is 2. The van der Waals surface area contributed by atoms with Gasteiger partial charge in [-0.25, -0.2) is 9.37 Å². The summed E-state index contributed by atoms with van der Waals surface area (Å²) in [5.74, 6) is 0.265. The molecular formula is C12H9BrFNO2. The quantitative estimate of drug-likeness (QED) is 0.945. The Morgan fingerprint density at radius 2 is 2.12 bits per heavy atom. The summed E-state index contributed by atoms with van der Waals surface area (Å²) >= 11 is 3.17. The third kappa shape index (κ3) is 3.25. The Kier molecular flexibility index (Phi) is 3.71. The van der Waals surface area contributed by atoms with Crippen molar-refractivity contribution in [3.63, 3.8) is 0 Å². The summed E-state index contributed by atoms with van der Waals surface area (Å²) in [7, 11) is 0. The Hall–Kier alpha value is -1.46. The molecule has 1 aromatic carbocycles. The molecule has 0 saturated carbocycles. The SMILES string of the molecule is OCc1ccnc(Oc2cc(F)cc(Br)c2)c1. The van der Waals surface area contributed by atoms with Gasteiger partial charge in [0, 0.05) is 22.8 Å². The molecule has 17 heavy (non-hydrogen) atoms. The smallest absolute Gasteiger partial charge is 0.219 e. The molecule has 1 aromatic heterocycles. The first-order chi connectivity index (χ1) is 8.17. The molecule has 0 saturated heterocycles. The van der Waals surface area contributed by atoms with Crippen molar-refractivity contribution in [2.45, 2.75) is 6.61 Å². The van der Waals surface area contributed by atoms with Crippen LogP contribution in [0.4, 0.5) is 4.39 Å². The second-order valence-corrected chi connectivity index (χ2v) is 4.28.